The fourth-order valence-electron chi connectivity index (χ4n) is 5.56. The molecule has 2 aromatic carbocycles. The van der Waals surface area contributed by atoms with Crippen molar-refractivity contribution in [1.29, 1.82) is 0 Å². The summed E-state index contributed by atoms with van der Waals surface area (Å²) in [5.74, 6) is -0.262. The van der Waals surface area contributed by atoms with Crippen LogP contribution in [-0.4, -0.2) is 53.4 Å². The van der Waals surface area contributed by atoms with Crippen LogP contribution in [0, 0.1) is 5.41 Å². The number of hydrogen-bond acceptors (Lipinski definition) is 4. The smallest absolute Gasteiger partial charge is 0.246 e. The Balaban J connectivity index is 1.74. The molecular formula is C23H23N3O2S. The van der Waals surface area contributed by atoms with Crippen molar-refractivity contribution in [3.05, 3.63) is 65.7 Å². The number of rotatable bonds is 1. The highest BCUT2D eigenvalue weighted by atomic mass is 32.1. The summed E-state index contributed by atoms with van der Waals surface area (Å²) in [4.78, 5) is 32.8. The molecule has 148 valence electrons. The highest BCUT2D eigenvalue weighted by Gasteiger charge is 2.65. The summed E-state index contributed by atoms with van der Waals surface area (Å²) >= 11 is 5.38. The van der Waals surface area contributed by atoms with E-state index in [9.17, 15) is 9.59 Å². The lowest BCUT2D eigenvalue weighted by Crippen LogP contribution is -2.71. The van der Waals surface area contributed by atoms with E-state index in [0.717, 1.165) is 24.2 Å². The quantitative estimate of drug-likeness (QED) is 0.541. The van der Waals surface area contributed by atoms with E-state index in [2.05, 4.69) is 23.1 Å². The average Bonchev–Trinajstić information content (AvgIpc) is 3.22. The van der Waals surface area contributed by atoms with Crippen LogP contribution in [0.5, 0.6) is 0 Å². The fourth-order valence-corrected chi connectivity index (χ4v) is 5.73. The minimum absolute atomic E-state index is 0.103. The first-order valence-corrected chi connectivity index (χ1v) is 10.4. The molecule has 1 spiro atoms. The van der Waals surface area contributed by atoms with Gasteiger partial charge >= 0.3 is 0 Å². The molecule has 5 rings (SSSR count). The second kappa shape index (κ2) is 6.39. The van der Waals surface area contributed by atoms with E-state index in [1.165, 1.54) is 15.4 Å². The molecule has 0 radical (unpaired) electrons. The number of thiocarbonyl (C=S) groups is 1. The molecule has 2 amide bonds. The zero-order valence-corrected chi connectivity index (χ0v) is 17.4. The first kappa shape index (κ1) is 18.3. The van der Waals surface area contributed by atoms with E-state index >= 15 is 0 Å². The second-order valence-electron chi connectivity index (χ2n) is 8.23. The Morgan fingerprint density at radius 2 is 1.55 bits per heavy atom. The third-order valence-corrected chi connectivity index (χ3v) is 7.40. The Bertz CT molecular complexity index is 998. The van der Waals surface area contributed by atoms with E-state index < -0.39 is 5.41 Å². The lowest BCUT2D eigenvalue weighted by molar-refractivity contribution is -0.157. The summed E-state index contributed by atoms with van der Waals surface area (Å²) in [5.41, 5.74) is 2.20. The summed E-state index contributed by atoms with van der Waals surface area (Å²) < 4.78 is 0. The highest BCUT2D eigenvalue weighted by Crippen LogP contribution is 2.53. The zero-order valence-electron chi connectivity index (χ0n) is 16.5. The molecule has 5 nitrogen and oxygen atoms in total. The van der Waals surface area contributed by atoms with E-state index in [1.54, 1.807) is 14.1 Å². The summed E-state index contributed by atoms with van der Waals surface area (Å²) in [6.07, 6.45) is 1.31. The maximum atomic E-state index is 13.8. The molecule has 3 heterocycles. The maximum Gasteiger partial charge on any atom is 0.246 e. The summed E-state index contributed by atoms with van der Waals surface area (Å²) in [6.45, 7) is 0.821. The van der Waals surface area contributed by atoms with Crippen LogP contribution in [0.15, 0.2) is 54.6 Å². The lowest BCUT2D eigenvalue weighted by atomic mass is 9.64. The van der Waals surface area contributed by atoms with Crippen molar-refractivity contribution in [3.8, 4) is 0 Å². The van der Waals surface area contributed by atoms with Gasteiger partial charge in [0.05, 0.1) is 6.04 Å². The van der Waals surface area contributed by atoms with Gasteiger partial charge < -0.3 is 4.90 Å². The summed E-state index contributed by atoms with van der Waals surface area (Å²) in [7, 11) is 3.37. The van der Waals surface area contributed by atoms with Crippen molar-refractivity contribution in [2.24, 2.45) is 5.41 Å². The number of anilines is 1. The molecule has 2 fully saturated rings. The summed E-state index contributed by atoms with van der Waals surface area (Å²) in [5, 5.41) is 0.269. The SMILES string of the molecule is CN1C(=O)C2(Cc3ccccc3N3CC[C@@H](c4ccccc4)[C@H]32)C(=O)N(C)C1=S. The van der Waals surface area contributed by atoms with Crippen LogP contribution in [0.4, 0.5) is 5.69 Å². The van der Waals surface area contributed by atoms with Crippen LogP contribution in [0.1, 0.15) is 23.5 Å². The Labute approximate surface area is 175 Å². The number of hydrogen-bond donors (Lipinski definition) is 0. The van der Waals surface area contributed by atoms with Gasteiger partial charge in [-0.15, -0.1) is 0 Å². The summed E-state index contributed by atoms with van der Waals surface area (Å²) in [6, 6.07) is 18.2. The van der Waals surface area contributed by atoms with E-state index in [-0.39, 0.29) is 28.9 Å². The van der Waals surface area contributed by atoms with Gasteiger partial charge in [0.25, 0.3) is 0 Å². The molecule has 2 aromatic rings. The highest BCUT2D eigenvalue weighted by molar-refractivity contribution is 7.80. The zero-order chi connectivity index (χ0) is 20.3. The van der Waals surface area contributed by atoms with Gasteiger partial charge in [0.15, 0.2) is 10.5 Å². The predicted molar refractivity (Wildman–Crippen MR) is 116 cm³/mol. The number of amides is 2. The average molecular weight is 406 g/mol. The fraction of sp³-hybridized carbons (Fsp3) is 0.348. The molecule has 0 saturated carbocycles. The van der Waals surface area contributed by atoms with Crippen molar-refractivity contribution in [1.82, 2.24) is 9.80 Å². The van der Waals surface area contributed by atoms with Gasteiger partial charge in [0, 0.05) is 32.2 Å². The molecule has 6 heteroatoms. The van der Waals surface area contributed by atoms with Gasteiger partial charge in [-0.3, -0.25) is 19.4 Å². The second-order valence-corrected chi connectivity index (χ2v) is 8.60. The number of benzene rings is 2. The van der Waals surface area contributed by atoms with Crippen molar-refractivity contribution in [2.45, 2.75) is 24.8 Å². The van der Waals surface area contributed by atoms with Gasteiger partial charge in [-0.1, -0.05) is 48.5 Å². The molecule has 0 unspecified atom stereocenters. The number of nitrogens with zero attached hydrogens (tertiary/aromatic N) is 3. The Morgan fingerprint density at radius 3 is 2.24 bits per heavy atom. The Kier molecular flexibility index (Phi) is 4.03. The molecule has 0 aliphatic carbocycles. The maximum absolute atomic E-state index is 13.8. The van der Waals surface area contributed by atoms with Crippen LogP contribution < -0.4 is 4.90 Å². The van der Waals surface area contributed by atoms with Crippen LogP contribution >= 0.6 is 12.2 Å². The lowest BCUT2D eigenvalue weighted by Gasteiger charge is -2.53. The van der Waals surface area contributed by atoms with E-state index in [0.29, 0.717) is 6.42 Å². The standard InChI is InChI=1S/C23H23N3O2S/c1-24-20(27)23(21(28)25(2)22(24)29)14-16-10-6-7-11-18(16)26-13-12-17(19(23)26)15-8-4-3-5-9-15/h3-11,17,19H,12-14H2,1-2H3/t17-,19-/m0/s1. The van der Waals surface area contributed by atoms with Crippen molar-refractivity contribution < 1.29 is 9.59 Å². The van der Waals surface area contributed by atoms with E-state index in [1.807, 2.05) is 36.4 Å². The molecule has 0 aromatic heterocycles. The predicted octanol–water partition coefficient (Wildman–Crippen LogP) is 2.81. The number of carbonyl (C=O) groups is 2. The van der Waals surface area contributed by atoms with Crippen LogP contribution in [0.3, 0.4) is 0 Å². The third-order valence-electron chi connectivity index (χ3n) is 6.85. The third kappa shape index (κ3) is 2.35. The molecule has 3 aliphatic heterocycles. The molecular weight excluding hydrogens is 382 g/mol. The first-order chi connectivity index (χ1) is 14.0. The topological polar surface area (TPSA) is 43.9 Å². The molecule has 2 atom stereocenters. The normalized spacial score (nSPS) is 25.4. The largest absolute Gasteiger partial charge is 0.366 e. The van der Waals surface area contributed by atoms with Gasteiger partial charge in [-0.05, 0) is 42.3 Å². The molecule has 2 saturated heterocycles. The Hall–Kier alpha value is -2.73. The van der Waals surface area contributed by atoms with Crippen LogP contribution in [0.25, 0.3) is 0 Å². The minimum atomic E-state index is -1.17. The number of para-hydroxylation sites is 1. The van der Waals surface area contributed by atoms with Gasteiger partial charge in [0.1, 0.15) is 0 Å². The van der Waals surface area contributed by atoms with Gasteiger partial charge in [-0.25, -0.2) is 0 Å². The number of carbonyl (C=O) groups excluding carboxylic acids is 2. The molecule has 0 bridgehead atoms. The van der Waals surface area contributed by atoms with Crippen molar-refractivity contribution in [3.63, 3.8) is 0 Å². The van der Waals surface area contributed by atoms with Crippen molar-refractivity contribution in [2.75, 3.05) is 25.5 Å². The van der Waals surface area contributed by atoms with Crippen LogP contribution in [-0.2, 0) is 16.0 Å². The first-order valence-electron chi connectivity index (χ1n) is 9.96. The Morgan fingerprint density at radius 1 is 0.931 bits per heavy atom. The van der Waals surface area contributed by atoms with Gasteiger partial charge in [-0.2, -0.15) is 0 Å². The molecule has 3 aliphatic rings. The molecule has 0 N–H and O–H groups in total. The number of fused-ring (bicyclic) bond motifs is 4. The monoisotopic (exact) mass is 405 g/mol. The van der Waals surface area contributed by atoms with E-state index in [4.69, 9.17) is 12.2 Å². The van der Waals surface area contributed by atoms with Crippen LogP contribution in [0.2, 0.25) is 0 Å². The minimum Gasteiger partial charge on any atom is -0.366 e. The van der Waals surface area contributed by atoms with Crippen molar-refractivity contribution >= 4 is 34.8 Å². The van der Waals surface area contributed by atoms with Gasteiger partial charge in [0.2, 0.25) is 11.8 Å². The molecule has 29 heavy (non-hydrogen) atoms.